The Hall–Kier alpha value is -2.16. The van der Waals surface area contributed by atoms with E-state index < -0.39 is 0 Å². The van der Waals surface area contributed by atoms with Gasteiger partial charge in [0.25, 0.3) is 5.91 Å². The average Bonchev–Trinajstić information content (AvgIpc) is 2.64. The van der Waals surface area contributed by atoms with Crippen molar-refractivity contribution in [2.75, 3.05) is 6.54 Å². The van der Waals surface area contributed by atoms with Crippen LogP contribution in [0.25, 0.3) is 0 Å². The van der Waals surface area contributed by atoms with E-state index in [-0.39, 0.29) is 5.91 Å². The van der Waals surface area contributed by atoms with Crippen molar-refractivity contribution in [3.8, 4) is 0 Å². The number of carbonyl (C=O) groups is 1. The summed E-state index contributed by atoms with van der Waals surface area (Å²) in [5.74, 6) is 0.0609. The smallest absolute Gasteiger partial charge is 0.251 e. The number of rotatable bonds is 2. The zero-order valence-corrected chi connectivity index (χ0v) is 12.6. The number of aromatic nitrogens is 1. The van der Waals surface area contributed by atoms with E-state index in [1.807, 2.05) is 19.2 Å². The first kappa shape index (κ1) is 13.8. The minimum absolute atomic E-state index is 0.0609. The van der Waals surface area contributed by atoms with Gasteiger partial charge in [0.1, 0.15) is 0 Å². The molecule has 108 valence electrons. The fourth-order valence-corrected chi connectivity index (χ4v) is 2.82. The lowest BCUT2D eigenvalue weighted by Crippen LogP contribution is -2.22. The molecule has 0 saturated heterocycles. The Labute approximate surface area is 125 Å². The largest absolute Gasteiger partial charge is 0.352 e. The standard InChI is InChI=1S/C18H20N2O/c1-12-8-15-4-3-7-19-18(21)17(15)10-16(12)9-14-6-5-13(2)20-11-14/h5-6,8,10-11H,3-4,7,9H2,1-2H3,(H,19,21). The van der Waals surface area contributed by atoms with Gasteiger partial charge in [-0.05, 0) is 67.5 Å². The second kappa shape index (κ2) is 5.68. The van der Waals surface area contributed by atoms with Gasteiger partial charge in [0.05, 0.1) is 0 Å². The molecular formula is C18H20N2O. The van der Waals surface area contributed by atoms with Crippen LogP contribution in [0.15, 0.2) is 30.5 Å². The minimum atomic E-state index is 0.0609. The molecule has 0 saturated carbocycles. The molecule has 0 radical (unpaired) electrons. The predicted molar refractivity (Wildman–Crippen MR) is 83.6 cm³/mol. The summed E-state index contributed by atoms with van der Waals surface area (Å²) < 4.78 is 0. The van der Waals surface area contributed by atoms with Crippen molar-refractivity contribution >= 4 is 5.91 Å². The molecule has 3 nitrogen and oxygen atoms in total. The zero-order valence-electron chi connectivity index (χ0n) is 12.6. The fraction of sp³-hybridized carbons (Fsp3) is 0.333. The highest BCUT2D eigenvalue weighted by atomic mass is 16.1. The maximum absolute atomic E-state index is 12.1. The molecule has 0 unspecified atom stereocenters. The number of hydrogen-bond acceptors (Lipinski definition) is 2. The van der Waals surface area contributed by atoms with Crippen LogP contribution < -0.4 is 5.32 Å². The van der Waals surface area contributed by atoms with Gasteiger partial charge in [0.2, 0.25) is 0 Å². The molecule has 3 heteroatoms. The molecule has 0 fully saturated rings. The normalized spacial score (nSPS) is 14.3. The molecule has 1 amide bonds. The van der Waals surface area contributed by atoms with Crippen molar-refractivity contribution in [3.63, 3.8) is 0 Å². The van der Waals surface area contributed by atoms with Gasteiger partial charge in [-0.3, -0.25) is 9.78 Å². The SMILES string of the molecule is Cc1ccc(Cc2cc3c(cc2C)CCCNC3=O)cn1. The summed E-state index contributed by atoms with van der Waals surface area (Å²) in [5, 5.41) is 2.97. The van der Waals surface area contributed by atoms with Crippen LogP contribution in [0.5, 0.6) is 0 Å². The first-order valence-electron chi connectivity index (χ1n) is 7.45. The number of amides is 1. The van der Waals surface area contributed by atoms with Crippen LogP contribution in [-0.4, -0.2) is 17.4 Å². The molecule has 1 aliphatic rings. The third-order valence-electron chi connectivity index (χ3n) is 4.08. The Morgan fingerprint density at radius 1 is 1.24 bits per heavy atom. The van der Waals surface area contributed by atoms with E-state index in [0.29, 0.717) is 0 Å². The Balaban J connectivity index is 1.95. The van der Waals surface area contributed by atoms with Crippen LogP contribution in [0, 0.1) is 13.8 Å². The number of fused-ring (bicyclic) bond motifs is 1. The number of hydrogen-bond donors (Lipinski definition) is 1. The first-order valence-corrected chi connectivity index (χ1v) is 7.45. The Morgan fingerprint density at radius 3 is 2.86 bits per heavy atom. The lowest BCUT2D eigenvalue weighted by atomic mass is 9.93. The van der Waals surface area contributed by atoms with Gasteiger partial charge < -0.3 is 5.32 Å². The maximum atomic E-state index is 12.1. The van der Waals surface area contributed by atoms with Gasteiger partial charge in [0, 0.05) is 24.0 Å². The Bertz CT molecular complexity index is 674. The lowest BCUT2D eigenvalue weighted by Gasteiger charge is -2.12. The second-order valence-corrected chi connectivity index (χ2v) is 5.78. The van der Waals surface area contributed by atoms with Crippen LogP contribution >= 0.6 is 0 Å². The van der Waals surface area contributed by atoms with Crippen LogP contribution in [0.1, 0.15) is 44.7 Å². The van der Waals surface area contributed by atoms with E-state index >= 15 is 0 Å². The molecule has 0 aliphatic carbocycles. The van der Waals surface area contributed by atoms with Gasteiger partial charge in [-0.15, -0.1) is 0 Å². The predicted octanol–water partition coefficient (Wildman–Crippen LogP) is 2.97. The summed E-state index contributed by atoms with van der Waals surface area (Å²) in [6.45, 7) is 4.88. The molecular weight excluding hydrogens is 260 g/mol. The lowest BCUT2D eigenvalue weighted by molar-refractivity contribution is 0.0956. The molecule has 2 heterocycles. The van der Waals surface area contributed by atoms with Crippen molar-refractivity contribution in [2.45, 2.75) is 33.1 Å². The number of pyridine rings is 1. The minimum Gasteiger partial charge on any atom is -0.352 e. The zero-order chi connectivity index (χ0) is 14.8. The van der Waals surface area contributed by atoms with Crippen LogP contribution in [-0.2, 0) is 12.8 Å². The van der Waals surface area contributed by atoms with Crippen LogP contribution in [0.4, 0.5) is 0 Å². The van der Waals surface area contributed by atoms with E-state index in [9.17, 15) is 4.79 Å². The number of aryl methyl sites for hydroxylation is 3. The molecule has 21 heavy (non-hydrogen) atoms. The number of benzene rings is 1. The maximum Gasteiger partial charge on any atom is 0.251 e. The number of nitrogens with zero attached hydrogens (tertiary/aromatic N) is 1. The van der Waals surface area contributed by atoms with E-state index in [4.69, 9.17) is 0 Å². The van der Waals surface area contributed by atoms with Gasteiger partial charge in [-0.1, -0.05) is 12.1 Å². The van der Waals surface area contributed by atoms with Crippen LogP contribution in [0.2, 0.25) is 0 Å². The summed E-state index contributed by atoms with van der Waals surface area (Å²) in [6, 6.07) is 8.37. The molecule has 1 N–H and O–H groups in total. The van der Waals surface area contributed by atoms with E-state index in [1.165, 1.54) is 22.3 Å². The summed E-state index contributed by atoms with van der Waals surface area (Å²) >= 11 is 0. The summed E-state index contributed by atoms with van der Waals surface area (Å²) in [5.41, 5.74) is 6.68. The molecule has 2 aromatic rings. The topological polar surface area (TPSA) is 42.0 Å². The molecule has 1 aromatic heterocycles. The monoisotopic (exact) mass is 280 g/mol. The first-order chi connectivity index (χ1) is 10.1. The number of nitrogens with one attached hydrogen (secondary N) is 1. The van der Waals surface area contributed by atoms with Crippen LogP contribution in [0.3, 0.4) is 0 Å². The number of carbonyl (C=O) groups excluding carboxylic acids is 1. The molecule has 0 atom stereocenters. The fourth-order valence-electron chi connectivity index (χ4n) is 2.82. The molecule has 0 spiro atoms. The van der Waals surface area contributed by atoms with E-state index in [2.05, 4.69) is 35.4 Å². The highest BCUT2D eigenvalue weighted by molar-refractivity contribution is 5.96. The molecule has 1 aliphatic heterocycles. The van der Waals surface area contributed by atoms with E-state index in [0.717, 1.165) is 37.1 Å². The molecule has 3 rings (SSSR count). The average molecular weight is 280 g/mol. The summed E-state index contributed by atoms with van der Waals surface area (Å²) in [4.78, 5) is 16.5. The summed E-state index contributed by atoms with van der Waals surface area (Å²) in [7, 11) is 0. The Kier molecular flexibility index (Phi) is 3.74. The highest BCUT2D eigenvalue weighted by Gasteiger charge is 2.17. The van der Waals surface area contributed by atoms with Crippen molar-refractivity contribution in [3.05, 3.63) is 64.0 Å². The third kappa shape index (κ3) is 2.97. The van der Waals surface area contributed by atoms with Crippen molar-refractivity contribution in [1.82, 2.24) is 10.3 Å². The van der Waals surface area contributed by atoms with Crippen molar-refractivity contribution in [1.29, 1.82) is 0 Å². The van der Waals surface area contributed by atoms with Gasteiger partial charge in [-0.2, -0.15) is 0 Å². The quantitative estimate of drug-likeness (QED) is 0.919. The second-order valence-electron chi connectivity index (χ2n) is 5.78. The summed E-state index contributed by atoms with van der Waals surface area (Å²) in [6.07, 6.45) is 4.72. The Morgan fingerprint density at radius 2 is 2.10 bits per heavy atom. The molecule has 1 aromatic carbocycles. The third-order valence-corrected chi connectivity index (χ3v) is 4.08. The van der Waals surface area contributed by atoms with Crippen molar-refractivity contribution < 1.29 is 4.79 Å². The van der Waals surface area contributed by atoms with Gasteiger partial charge >= 0.3 is 0 Å². The highest BCUT2D eigenvalue weighted by Crippen LogP contribution is 2.22. The van der Waals surface area contributed by atoms with Gasteiger partial charge in [0.15, 0.2) is 0 Å². The van der Waals surface area contributed by atoms with E-state index in [1.54, 1.807) is 0 Å². The van der Waals surface area contributed by atoms with Gasteiger partial charge in [-0.25, -0.2) is 0 Å². The molecule has 0 bridgehead atoms. The van der Waals surface area contributed by atoms with Crippen molar-refractivity contribution in [2.24, 2.45) is 0 Å².